The zero-order valence-corrected chi connectivity index (χ0v) is 12.2. The molecule has 0 radical (unpaired) electrons. The van der Waals surface area contributed by atoms with E-state index >= 15 is 0 Å². The van der Waals surface area contributed by atoms with E-state index in [1.165, 1.54) is 25.3 Å². The monoisotopic (exact) mass is 293 g/mol. The molecule has 2 atom stereocenters. The molecule has 2 unspecified atom stereocenters. The van der Waals surface area contributed by atoms with E-state index in [1.807, 2.05) is 0 Å². The van der Waals surface area contributed by atoms with Gasteiger partial charge in [-0.05, 0) is 31.2 Å². The zero-order chi connectivity index (χ0) is 15.4. The molecule has 1 aromatic rings. The topological polar surface area (TPSA) is 78.7 Å². The van der Waals surface area contributed by atoms with E-state index in [4.69, 9.17) is 4.74 Å². The lowest BCUT2D eigenvalue weighted by Gasteiger charge is -2.27. The molecule has 6 nitrogen and oxygen atoms in total. The number of nitrogens with zero attached hydrogens (tertiary/aromatic N) is 1. The maximum atomic E-state index is 11.5. The molecule has 2 rings (SSSR count). The average molecular weight is 293 g/mol. The van der Waals surface area contributed by atoms with Gasteiger partial charge in [0, 0.05) is 12.1 Å². The summed E-state index contributed by atoms with van der Waals surface area (Å²) in [6.45, 7) is 2.15. The summed E-state index contributed by atoms with van der Waals surface area (Å²) >= 11 is 0. The molecule has 0 spiro atoms. The van der Waals surface area contributed by atoms with Gasteiger partial charge in [0.05, 0.1) is 23.7 Å². The van der Waals surface area contributed by atoms with Crippen molar-refractivity contribution in [3.05, 3.63) is 33.9 Å². The number of ether oxygens (including phenoxy) is 2. The molecule has 6 heteroatoms. The minimum atomic E-state index is -0.535. The molecule has 0 amide bonds. The highest BCUT2D eigenvalue weighted by atomic mass is 16.6. The highest BCUT2D eigenvalue weighted by Gasteiger charge is 2.25. The van der Waals surface area contributed by atoms with E-state index < -0.39 is 10.9 Å². The molecule has 0 aromatic heterocycles. The summed E-state index contributed by atoms with van der Waals surface area (Å²) in [5, 5.41) is 11.1. The first-order valence-electron chi connectivity index (χ1n) is 7.04. The fourth-order valence-corrected chi connectivity index (χ4v) is 2.67. The van der Waals surface area contributed by atoms with E-state index in [0.29, 0.717) is 5.92 Å². The number of hydrogen-bond acceptors (Lipinski definition) is 5. The van der Waals surface area contributed by atoms with Crippen LogP contribution in [-0.2, 0) is 4.74 Å². The molecule has 1 aromatic carbocycles. The fraction of sp³-hybridized carbons (Fsp3) is 0.533. The maximum Gasteiger partial charge on any atom is 0.337 e. The van der Waals surface area contributed by atoms with E-state index in [9.17, 15) is 14.9 Å². The van der Waals surface area contributed by atoms with Crippen molar-refractivity contribution >= 4 is 11.7 Å². The van der Waals surface area contributed by atoms with Crippen LogP contribution in [0.5, 0.6) is 5.75 Å². The Hall–Kier alpha value is -2.11. The lowest BCUT2D eigenvalue weighted by molar-refractivity contribution is -0.386. The Morgan fingerprint density at radius 1 is 1.38 bits per heavy atom. The van der Waals surface area contributed by atoms with Crippen LogP contribution in [0, 0.1) is 16.0 Å². The number of carbonyl (C=O) groups excluding carboxylic acids is 1. The van der Waals surface area contributed by atoms with Crippen LogP contribution in [0.3, 0.4) is 0 Å². The molecular weight excluding hydrogens is 274 g/mol. The molecule has 1 fully saturated rings. The summed E-state index contributed by atoms with van der Waals surface area (Å²) in [4.78, 5) is 22.1. The summed E-state index contributed by atoms with van der Waals surface area (Å²) in [5.74, 6) is 0.153. The van der Waals surface area contributed by atoms with Crippen molar-refractivity contribution in [1.82, 2.24) is 0 Å². The van der Waals surface area contributed by atoms with E-state index in [1.54, 1.807) is 0 Å². The van der Waals surface area contributed by atoms with Crippen molar-refractivity contribution in [2.75, 3.05) is 7.11 Å². The number of carbonyl (C=O) groups is 1. The molecule has 0 N–H and O–H groups in total. The van der Waals surface area contributed by atoms with Crippen LogP contribution < -0.4 is 4.74 Å². The van der Waals surface area contributed by atoms with Gasteiger partial charge in [-0.15, -0.1) is 0 Å². The predicted molar refractivity (Wildman–Crippen MR) is 76.5 cm³/mol. The van der Waals surface area contributed by atoms with Crippen LogP contribution in [0.25, 0.3) is 0 Å². The minimum absolute atomic E-state index is 0.0413. The second-order valence-corrected chi connectivity index (χ2v) is 5.44. The molecular formula is C15H19NO5. The largest absolute Gasteiger partial charge is 0.483 e. The second kappa shape index (κ2) is 6.56. The Bertz CT molecular complexity index is 543. The summed E-state index contributed by atoms with van der Waals surface area (Å²) in [7, 11) is 1.27. The Labute approximate surface area is 123 Å². The smallest absolute Gasteiger partial charge is 0.337 e. The number of rotatable bonds is 4. The lowest BCUT2D eigenvalue weighted by Crippen LogP contribution is -2.24. The molecule has 0 heterocycles. The van der Waals surface area contributed by atoms with Crippen molar-refractivity contribution in [3.63, 3.8) is 0 Å². The summed E-state index contributed by atoms with van der Waals surface area (Å²) in [6.07, 6.45) is 3.92. The quantitative estimate of drug-likeness (QED) is 0.483. The van der Waals surface area contributed by atoms with Crippen LogP contribution in [0.2, 0.25) is 0 Å². The van der Waals surface area contributed by atoms with Gasteiger partial charge in [0.2, 0.25) is 0 Å². The number of esters is 1. The van der Waals surface area contributed by atoms with Gasteiger partial charge in [0.1, 0.15) is 0 Å². The number of nitro benzene ring substituents is 1. The van der Waals surface area contributed by atoms with Crippen LogP contribution in [0.4, 0.5) is 5.69 Å². The number of methoxy groups -OCH3 is 1. The molecule has 1 saturated carbocycles. The van der Waals surface area contributed by atoms with Gasteiger partial charge in [-0.2, -0.15) is 0 Å². The van der Waals surface area contributed by atoms with Crippen molar-refractivity contribution in [1.29, 1.82) is 0 Å². The summed E-state index contributed by atoms with van der Waals surface area (Å²) < 4.78 is 10.4. The summed E-state index contributed by atoms with van der Waals surface area (Å²) in [6, 6.07) is 4.05. The first kappa shape index (κ1) is 15.3. The van der Waals surface area contributed by atoms with Gasteiger partial charge in [-0.1, -0.05) is 13.3 Å². The Morgan fingerprint density at radius 2 is 2.14 bits per heavy atom. The third-order valence-electron chi connectivity index (χ3n) is 3.76. The Balaban J connectivity index is 2.25. The molecule has 1 aliphatic carbocycles. The van der Waals surface area contributed by atoms with Gasteiger partial charge >= 0.3 is 11.7 Å². The molecule has 0 saturated heterocycles. The standard InChI is InChI=1S/C15H19NO5/c1-10-4-3-5-12(8-10)21-14-9-11(15(17)20-2)6-7-13(14)16(18)19/h6-7,9-10,12H,3-5,8H2,1-2H3. The van der Waals surface area contributed by atoms with E-state index in [-0.39, 0.29) is 23.1 Å². The van der Waals surface area contributed by atoms with Gasteiger partial charge < -0.3 is 9.47 Å². The van der Waals surface area contributed by atoms with E-state index in [2.05, 4.69) is 11.7 Å². The van der Waals surface area contributed by atoms with E-state index in [0.717, 1.165) is 25.7 Å². The van der Waals surface area contributed by atoms with Crippen LogP contribution in [-0.4, -0.2) is 24.1 Å². The normalized spacial score (nSPS) is 21.6. The zero-order valence-electron chi connectivity index (χ0n) is 12.2. The SMILES string of the molecule is COC(=O)c1ccc([N+](=O)[O-])c(OC2CCCC(C)C2)c1. The van der Waals surface area contributed by atoms with Crippen LogP contribution in [0.15, 0.2) is 18.2 Å². The van der Waals surface area contributed by atoms with Crippen molar-refractivity contribution in [2.45, 2.75) is 38.7 Å². The third-order valence-corrected chi connectivity index (χ3v) is 3.76. The Morgan fingerprint density at radius 3 is 2.76 bits per heavy atom. The van der Waals surface area contributed by atoms with Crippen LogP contribution >= 0.6 is 0 Å². The molecule has 21 heavy (non-hydrogen) atoms. The highest BCUT2D eigenvalue weighted by molar-refractivity contribution is 5.90. The molecule has 0 bridgehead atoms. The van der Waals surface area contributed by atoms with Gasteiger partial charge in [-0.3, -0.25) is 10.1 Å². The highest BCUT2D eigenvalue weighted by Crippen LogP contribution is 2.33. The van der Waals surface area contributed by atoms with Crippen molar-refractivity contribution in [2.24, 2.45) is 5.92 Å². The Kier molecular flexibility index (Phi) is 4.77. The number of benzene rings is 1. The third kappa shape index (κ3) is 3.71. The van der Waals surface area contributed by atoms with Gasteiger partial charge in [0.15, 0.2) is 5.75 Å². The van der Waals surface area contributed by atoms with Gasteiger partial charge in [0.25, 0.3) is 0 Å². The van der Waals surface area contributed by atoms with Crippen LogP contribution in [0.1, 0.15) is 43.0 Å². The van der Waals surface area contributed by atoms with Gasteiger partial charge in [-0.25, -0.2) is 4.79 Å². The molecule has 114 valence electrons. The predicted octanol–water partition coefficient (Wildman–Crippen LogP) is 3.34. The molecule has 1 aliphatic rings. The number of nitro groups is 1. The summed E-state index contributed by atoms with van der Waals surface area (Å²) in [5.41, 5.74) is 0.128. The first-order valence-corrected chi connectivity index (χ1v) is 7.04. The van der Waals surface area contributed by atoms with Crippen molar-refractivity contribution in [3.8, 4) is 5.75 Å². The first-order chi connectivity index (χ1) is 10.0. The average Bonchev–Trinajstić information content (AvgIpc) is 2.46. The lowest BCUT2D eigenvalue weighted by atomic mass is 9.88. The second-order valence-electron chi connectivity index (χ2n) is 5.44. The molecule has 0 aliphatic heterocycles. The maximum absolute atomic E-state index is 11.5. The minimum Gasteiger partial charge on any atom is -0.483 e. The van der Waals surface area contributed by atoms with Crippen molar-refractivity contribution < 1.29 is 19.2 Å². The number of hydrogen-bond donors (Lipinski definition) is 0. The fourth-order valence-electron chi connectivity index (χ4n) is 2.67.